The number of anilines is 1. The smallest absolute Gasteiger partial charge is 0.103 e. The Kier molecular flexibility index (Phi) is 3.59. The minimum Gasteiger partial charge on any atom is -0.379 e. The van der Waals surface area contributed by atoms with Gasteiger partial charge in [-0.15, -0.1) is 0 Å². The average molecular weight is 249 g/mol. The van der Waals surface area contributed by atoms with Gasteiger partial charge in [-0.1, -0.05) is 36.9 Å². The summed E-state index contributed by atoms with van der Waals surface area (Å²) in [4.78, 5) is 0. The molecule has 0 amide bonds. The normalized spacial score (nSPS) is 18.4. The van der Waals surface area contributed by atoms with E-state index in [1.54, 1.807) is 6.07 Å². The molecule has 1 N–H and O–H groups in total. The SMILES string of the molecule is CC1(Nc2cccc(Cl)c2C#N)CCCCC1. The Morgan fingerprint density at radius 1 is 1.29 bits per heavy atom. The molecule has 1 fully saturated rings. The van der Waals surface area contributed by atoms with Crippen LogP contribution in [-0.4, -0.2) is 5.54 Å². The highest BCUT2D eigenvalue weighted by Gasteiger charge is 2.27. The average Bonchev–Trinajstić information content (AvgIpc) is 2.30. The lowest BCUT2D eigenvalue weighted by Crippen LogP contribution is -2.37. The van der Waals surface area contributed by atoms with Crippen molar-refractivity contribution in [3.63, 3.8) is 0 Å². The molecule has 0 saturated heterocycles. The molecule has 2 rings (SSSR count). The molecular formula is C14H17ClN2. The van der Waals surface area contributed by atoms with Crippen LogP contribution in [0.15, 0.2) is 18.2 Å². The largest absolute Gasteiger partial charge is 0.379 e. The first-order valence-electron chi connectivity index (χ1n) is 6.11. The molecule has 1 aromatic carbocycles. The molecule has 3 heteroatoms. The van der Waals surface area contributed by atoms with Gasteiger partial charge in [0, 0.05) is 5.54 Å². The van der Waals surface area contributed by atoms with Crippen LogP contribution in [0.2, 0.25) is 5.02 Å². The molecule has 2 nitrogen and oxygen atoms in total. The van der Waals surface area contributed by atoms with E-state index in [9.17, 15) is 0 Å². The summed E-state index contributed by atoms with van der Waals surface area (Å²) in [6.45, 7) is 2.23. The molecule has 90 valence electrons. The lowest BCUT2D eigenvalue weighted by Gasteiger charge is -2.35. The summed E-state index contributed by atoms with van der Waals surface area (Å²) in [5.41, 5.74) is 1.53. The molecule has 0 atom stereocenters. The van der Waals surface area contributed by atoms with E-state index in [1.807, 2.05) is 12.1 Å². The lowest BCUT2D eigenvalue weighted by atomic mass is 9.83. The van der Waals surface area contributed by atoms with Crippen LogP contribution < -0.4 is 5.32 Å². The van der Waals surface area contributed by atoms with Crippen molar-refractivity contribution in [2.24, 2.45) is 0 Å². The number of nitrogens with zero attached hydrogens (tertiary/aromatic N) is 1. The monoisotopic (exact) mass is 248 g/mol. The van der Waals surface area contributed by atoms with E-state index >= 15 is 0 Å². The molecule has 17 heavy (non-hydrogen) atoms. The maximum Gasteiger partial charge on any atom is 0.103 e. The van der Waals surface area contributed by atoms with Gasteiger partial charge in [0.15, 0.2) is 0 Å². The van der Waals surface area contributed by atoms with Crippen LogP contribution in [0.1, 0.15) is 44.6 Å². The van der Waals surface area contributed by atoms with Gasteiger partial charge >= 0.3 is 0 Å². The summed E-state index contributed by atoms with van der Waals surface area (Å²) in [7, 11) is 0. The summed E-state index contributed by atoms with van der Waals surface area (Å²) in [6, 6.07) is 7.76. The number of benzene rings is 1. The van der Waals surface area contributed by atoms with Gasteiger partial charge in [0.05, 0.1) is 16.3 Å². The van der Waals surface area contributed by atoms with Crippen LogP contribution in [0.5, 0.6) is 0 Å². The summed E-state index contributed by atoms with van der Waals surface area (Å²) in [5.74, 6) is 0. The first kappa shape index (κ1) is 12.3. The quantitative estimate of drug-likeness (QED) is 0.845. The molecule has 1 aliphatic rings. The van der Waals surface area contributed by atoms with Gasteiger partial charge in [0.1, 0.15) is 6.07 Å². The lowest BCUT2D eigenvalue weighted by molar-refractivity contribution is 0.349. The molecule has 0 aromatic heterocycles. The van der Waals surface area contributed by atoms with Crippen LogP contribution in [0, 0.1) is 11.3 Å². The number of nitrogens with one attached hydrogen (secondary N) is 1. The standard InChI is InChI=1S/C14H17ClN2/c1-14(8-3-2-4-9-14)17-13-7-5-6-12(15)11(13)10-16/h5-7,17H,2-4,8-9H2,1H3. The van der Waals surface area contributed by atoms with Gasteiger partial charge in [-0.05, 0) is 31.9 Å². The highest BCUT2D eigenvalue weighted by Crippen LogP contribution is 2.33. The van der Waals surface area contributed by atoms with E-state index in [0.29, 0.717) is 10.6 Å². The zero-order valence-corrected chi connectivity index (χ0v) is 10.8. The van der Waals surface area contributed by atoms with Crippen LogP contribution >= 0.6 is 11.6 Å². The van der Waals surface area contributed by atoms with Crippen molar-refractivity contribution >= 4 is 17.3 Å². The van der Waals surface area contributed by atoms with E-state index in [2.05, 4.69) is 18.3 Å². The molecular weight excluding hydrogens is 232 g/mol. The Morgan fingerprint density at radius 3 is 2.65 bits per heavy atom. The number of hydrogen-bond acceptors (Lipinski definition) is 2. The van der Waals surface area contributed by atoms with E-state index in [4.69, 9.17) is 16.9 Å². The molecule has 0 radical (unpaired) electrons. The third-order valence-electron chi connectivity index (χ3n) is 3.52. The molecule has 1 aromatic rings. The predicted octanol–water partition coefficient (Wildman–Crippen LogP) is 4.35. The number of hydrogen-bond donors (Lipinski definition) is 1. The zero-order chi connectivity index (χ0) is 12.3. The fourth-order valence-electron chi connectivity index (χ4n) is 2.52. The van der Waals surface area contributed by atoms with Crippen LogP contribution in [0.4, 0.5) is 5.69 Å². The van der Waals surface area contributed by atoms with E-state index in [1.165, 1.54) is 19.3 Å². The van der Waals surface area contributed by atoms with Gasteiger partial charge in [-0.2, -0.15) is 5.26 Å². The maximum atomic E-state index is 9.14. The van der Waals surface area contributed by atoms with E-state index in [-0.39, 0.29) is 5.54 Å². The van der Waals surface area contributed by atoms with Gasteiger partial charge in [0.25, 0.3) is 0 Å². The first-order valence-corrected chi connectivity index (χ1v) is 6.49. The molecule has 0 unspecified atom stereocenters. The maximum absolute atomic E-state index is 9.14. The molecule has 0 aliphatic heterocycles. The van der Waals surface area contributed by atoms with Crippen LogP contribution in [-0.2, 0) is 0 Å². The van der Waals surface area contributed by atoms with Crippen LogP contribution in [0.3, 0.4) is 0 Å². The minimum absolute atomic E-state index is 0.106. The van der Waals surface area contributed by atoms with Crippen molar-refractivity contribution in [2.75, 3.05) is 5.32 Å². The van der Waals surface area contributed by atoms with Crippen molar-refractivity contribution in [3.05, 3.63) is 28.8 Å². The fourth-order valence-corrected chi connectivity index (χ4v) is 2.74. The second-order valence-corrected chi connectivity index (χ2v) is 5.43. The Labute approximate surface area is 108 Å². The molecule has 0 heterocycles. The Balaban J connectivity index is 2.24. The number of rotatable bonds is 2. The van der Waals surface area contributed by atoms with Crippen molar-refractivity contribution in [3.8, 4) is 6.07 Å². The van der Waals surface area contributed by atoms with Gasteiger partial charge in [0.2, 0.25) is 0 Å². The summed E-state index contributed by atoms with van der Waals surface area (Å²) < 4.78 is 0. The predicted molar refractivity (Wildman–Crippen MR) is 71.3 cm³/mol. The number of nitriles is 1. The Bertz CT molecular complexity index is 442. The molecule has 1 aliphatic carbocycles. The highest BCUT2D eigenvalue weighted by atomic mass is 35.5. The van der Waals surface area contributed by atoms with Gasteiger partial charge < -0.3 is 5.32 Å². The Hall–Kier alpha value is -1.20. The van der Waals surface area contributed by atoms with Gasteiger partial charge in [-0.25, -0.2) is 0 Å². The van der Waals surface area contributed by atoms with Crippen molar-refractivity contribution < 1.29 is 0 Å². The third kappa shape index (κ3) is 2.73. The zero-order valence-electron chi connectivity index (χ0n) is 10.1. The number of halogens is 1. The summed E-state index contributed by atoms with van der Waals surface area (Å²) in [6.07, 6.45) is 6.14. The first-order chi connectivity index (χ1) is 8.14. The Morgan fingerprint density at radius 2 is 2.00 bits per heavy atom. The molecule has 0 bridgehead atoms. The highest BCUT2D eigenvalue weighted by molar-refractivity contribution is 6.32. The third-order valence-corrected chi connectivity index (χ3v) is 3.83. The van der Waals surface area contributed by atoms with Crippen LogP contribution in [0.25, 0.3) is 0 Å². The minimum atomic E-state index is 0.106. The van der Waals surface area contributed by atoms with E-state index in [0.717, 1.165) is 18.5 Å². The molecule has 1 saturated carbocycles. The van der Waals surface area contributed by atoms with Crippen molar-refractivity contribution in [2.45, 2.75) is 44.6 Å². The van der Waals surface area contributed by atoms with Crippen molar-refractivity contribution in [1.29, 1.82) is 5.26 Å². The topological polar surface area (TPSA) is 35.8 Å². The second-order valence-electron chi connectivity index (χ2n) is 5.02. The summed E-state index contributed by atoms with van der Waals surface area (Å²) >= 11 is 6.03. The fraction of sp³-hybridized carbons (Fsp3) is 0.500. The van der Waals surface area contributed by atoms with E-state index < -0.39 is 0 Å². The summed E-state index contributed by atoms with van der Waals surface area (Å²) in [5, 5.41) is 13.2. The van der Waals surface area contributed by atoms with Crippen molar-refractivity contribution in [1.82, 2.24) is 0 Å². The molecule has 0 spiro atoms. The second kappa shape index (κ2) is 4.98. The van der Waals surface area contributed by atoms with Gasteiger partial charge in [-0.3, -0.25) is 0 Å².